The first-order valence-electron chi connectivity index (χ1n) is 3.45. The molecule has 1 heterocycles. The quantitative estimate of drug-likeness (QED) is 0.327. The Labute approximate surface area is 64.1 Å². The van der Waals surface area contributed by atoms with Gasteiger partial charge in [0.15, 0.2) is 0 Å². The van der Waals surface area contributed by atoms with Crippen LogP contribution in [0.1, 0.15) is 0 Å². The van der Waals surface area contributed by atoms with Crippen molar-refractivity contribution in [3.63, 3.8) is 0 Å². The van der Waals surface area contributed by atoms with Crippen molar-refractivity contribution in [2.45, 2.75) is 11.7 Å². The molecule has 0 aromatic carbocycles. The first kappa shape index (κ1) is 6.53. The molecule has 1 fully saturated rings. The summed E-state index contributed by atoms with van der Waals surface area (Å²) < 4.78 is 5.32. The Morgan fingerprint density at radius 3 is 3.27 bits per heavy atom. The Bertz CT molecular complexity index is 276. The summed E-state index contributed by atoms with van der Waals surface area (Å²) in [6.07, 6.45) is 9.36. The maximum absolute atomic E-state index is 9.82. The molecule has 0 spiro atoms. The van der Waals surface area contributed by atoms with Crippen LogP contribution in [0.3, 0.4) is 0 Å². The molecule has 2 unspecified atom stereocenters. The van der Waals surface area contributed by atoms with Gasteiger partial charge in [-0.05, 0) is 6.08 Å². The van der Waals surface area contributed by atoms with E-state index in [1.165, 1.54) is 6.08 Å². The number of ether oxygens (including phenoxy) is 1. The van der Waals surface area contributed by atoms with E-state index in [-0.39, 0.29) is 11.7 Å². The number of fused-ring (bicyclic) bond motifs is 1. The summed E-state index contributed by atoms with van der Waals surface area (Å²) in [7, 11) is 0. The standard InChI is InChI=1S/C8H7NO2/c10-6-9-5-8-4-2-1-3-7(8)11-8/h1-4,7H,5H2. The monoisotopic (exact) mass is 149 g/mol. The summed E-state index contributed by atoms with van der Waals surface area (Å²) in [6, 6.07) is 0. The van der Waals surface area contributed by atoms with Crippen LogP contribution < -0.4 is 0 Å². The van der Waals surface area contributed by atoms with Gasteiger partial charge in [-0.15, -0.1) is 0 Å². The lowest BCUT2D eigenvalue weighted by molar-refractivity contribution is 0.346. The van der Waals surface area contributed by atoms with E-state index in [9.17, 15) is 4.79 Å². The molecule has 1 aliphatic carbocycles. The van der Waals surface area contributed by atoms with Crippen molar-refractivity contribution in [3.8, 4) is 0 Å². The molecular weight excluding hydrogens is 142 g/mol. The molecule has 1 aliphatic heterocycles. The first-order chi connectivity index (χ1) is 5.37. The molecule has 2 rings (SSSR count). The molecule has 3 heteroatoms. The molecule has 0 saturated carbocycles. The molecule has 1 saturated heterocycles. The van der Waals surface area contributed by atoms with Crippen LogP contribution >= 0.6 is 0 Å². The van der Waals surface area contributed by atoms with Crippen LogP contribution in [0.2, 0.25) is 0 Å². The van der Waals surface area contributed by atoms with Gasteiger partial charge < -0.3 is 4.74 Å². The molecule has 0 amide bonds. The third-order valence-electron chi connectivity index (χ3n) is 1.94. The van der Waals surface area contributed by atoms with Gasteiger partial charge in [0.2, 0.25) is 6.08 Å². The largest absolute Gasteiger partial charge is 0.355 e. The van der Waals surface area contributed by atoms with Crippen molar-refractivity contribution in [1.29, 1.82) is 0 Å². The summed E-state index contributed by atoms with van der Waals surface area (Å²) in [6.45, 7) is 0.391. The third-order valence-corrected chi connectivity index (χ3v) is 1.94. The summed E-state index contributed by atoms with van der Waals surface area (Å²) in [4.78, 5) is 13.3. The van der Waals surface area contributed by atoms with Crippen LogP contribution in [-0.2, 0) is 9.53 Å². The summed E-state index contributed by atoms with van der Waals surface area (Å²) in [5.41, 5.74) is -0.299. The average Bonchev–Trinajstić information content (AvgIpc) is 2.75. The molecule has 2 aliphatic rings. The predicted molar refractivity (Wildman–Crippen MR) is 38.9 cm³/mol. The molecule has 0 aromatic heterocycles. The van der Waals surface area contributed by atoms with Gasteiger partial charge in [0.25, 0.3) is 0 Å². The Morgan fingerprint density at radius 2 is 2.55 bits per heavy atom. The molecular formula is C8H7NO2. The zero-order chi connectivity index (χ0) is 7.73. The Hall–Kier alpha value is -1.18. The lowest BCUT2D eigenvalue weighted by Crippen LogP contribution is -2.16. The van der Waals surface area contributed by atoms with Crippen LogP contribution in [0, 0.1) is 0 Å². The minimum absolute atomic E-state index is 0.129. The number of carbonyl (C=O) groups excluding carboxylic acids is 1. The van der Waals surface area contributed by atoms with Crippen molar-refractivity contribution >= 4 is 6.08 Å². The van der Waals surface area contributed by atoms with E-state index in [0.717, 1.165) is 0 Å². The van der Waals surface area contributed by atoms with Crippen LogP contribution in [0.4, 0.5) is 0 Å². The lowest BCUT2D eigenvalue weighted by Gasteiger charge is -2.01. The van der Waals surface area contributed by atoms with Gasteiger partial charge in [-0.1, -0.05) is 18.2 Å². The van der Waals surface area contributed by atoms with Gasteiger partial charge in [-0.25, -0.2) is 9.79 Å². The topological polar surface area (TPSA) is 42.0 Å². The number of epoxide rings is 1. The van der Waals surface area contributed by atoms with E-state index in [2.05, 4.69) is 4.99 Å². The predicted octanol–water partition coefficient (Wildman–Crippen LogP) is 0.586. The number of aliphatic imine (C=N–C) groups is 1. The summed E-state index contributed by atoms with van der Waals surface area (Å²) in [5.74, 6) is 0. The minimum Gasteiger partial charge on any atom is -0.355 e. The fourth-order valence-electron chi connectivity index (χ4n) is 1.26. The normalized spacial score (nSPS) is 37.6. The number of hydrogen-bond acceptors (Lipinski definition) is 3. The van der Waals surface area contributed by atoms with Gasteiger partial charge >= 0.3 is 0 Å². The van der Waals surface area contributed by atoms with E-state index in [1.54, 1.807) is 0 Å². The highest BCUT2D eigenvalue weighted by Crippen LogP contribution is 2.41. The minimum atomic E-state index is -0.299. The molecule has 3 nitrogen and oxygen atoms in total. The second-order valence-electron chi connectivity index (χ2n) is 2.64. The highest BCUT2D eigenvalue weighted by Gasteiger charge is 2.53. The Morgan fingerprint density at radius 1 is 1.64 bits per heavy atom. The van der Waals surface area contributed by atoms with E-state index in [0.29, 0.717) is 6.54 Å². The number of allylic oxidation sites excluding steroid dienone is 2. The molecule has 0 N–H and O–H groups in total. The van der Waals surface area contributed by atoms with E-state index >= 15 is 0 Å². The molecule has 0 radical (unpaired) electrons. The van der Waals surface area contributed by atoms with Crippen LogP contribution in [0.25, 0.3) is 0 Å². The smallest absolute Gasteiger partial charge is 0.235 e. The SMILES string of the molecule is O=C=NCC12C=CC=CC1O2. The molecule has 56 valence electrons. The second kappa shape index (κ2) is 2.16. The molecule has 0 aromatic rings. The van der Waals surface area contributed by atoms with E-state index in [1.807, 2.05) is 24.3 Å². The lowest BCUT2D eigenvalue weighted by atomic mass is 10.0. The van der Waals surface area contributed by atoms with Crippen molar-refractivity contribution < 1.29 is 9.53 Å². The number of nitrogens with zero attached hydrogens (tertiary/aromatic N) is 1. The second-order valence-corrected chi connectivity index (χ2v) is 2.64. The molecule has 0 bridgehead atoms. The summed E-state index contributed by atoms with van der Waals surface area (Å²) in [5, 5.41) is 0. The maximum atomic E-state index is 9.82. The highest BCUT2D eigenvalue weighted by atomic mass is 16.6. The zero-order valence-electron chi connectivity index (χ0n) is 5.86. The summed E-state index contributed by atoms with van der Waals surface area (Å²) >= 11 is 0. The molecule has 11 heavy (non-hydrogen) atoms. The van der Waals surface area contributed by atoms with E-state index < -0.39 is 0 Å². The number of rotatable bonds is 2. The zero-order valence-corrected chi connectivity index (χ0v) is 5.86. The average molecular weight is 149 g/mol. The Kier molecular flexibility index (Phi) is 1.28. The fraction of sp³-hybridized carbons (Fsp3) is 0.375. The van der Waals surface area contributed by atoms with Gasteiger partial charge in [-0.3, -0.25) is 0 Å². The van der Waals surface area contributed by atoms with Crippen molar-refractivity contribution in [3.05, 3.63) is 24.3 Å². The van der Waals surface area contributed by atoms with Crippen molar-refractivity contribution in [1.82, 2.24) is 0 Å². The van der Waals surface area contributed by atoms with Crippen molar-refractivity contribution in [2.75, 3.05) is 6.54 Å². The van der Waals surface area contributed by atoms with E-state index in [4.69, 9.17) is 4.74 Å². The van der Waals surface area contributed by atoms with Crippen molar-refractivity contribution in [2.24, 2.45) is 4.99 Å². The van der Waals surface area contributed by atoms with Gasteiger partial charge in [0.05, 0.1) is 6.54 Å². The first-order valence-corrected chi connectivity index (χ1v) is 3.45. The number of isocyanates is 1. The van der Waals surface area contributed by atoms with Gasteiger partial charge in [0, 0.05) is 0 Å². The van der Waals surface area contributed by atoms with Crippen LogP contribution in [0.15, 0.2) is 29.3 Å². The van der Waals surface area contributed by atoms with Crippen LogP contribution in [0.5, 0.6) is 0 Å². The third kappa shape index (κ3) is 0.946. The van der Waals surface area contributed by atoms with Gasteiger partial charge in [-0.2, -0.15) is 0 Å². The Balaban J connectivity index is 2.10. The fourth-order valence-corrected chi connectivity index (χ4v) is 1.26. The van der Waals surface area contributed by atoms with Gasteiger partial charge in [0.1, 0.15) is 11.7 Å². The highest BCUT2D eigenvalue weighted by molar-refractivity contribution is 5.37. The maximum Gasteiger partial charge on any atom is 0.235 e. The van der Waals surface area contributed by atoms with Crippen LogP contribution in [-0.4, -0.2) is 24.3 Å². The molecule has 2 atom stereocenters. The number of hydrogen-bond donors (Lipinski definition) is 0.